The molecule has 2 aliphatic carbocycles. The first-order chi connectivity index (χ1) is 9.85. The molecule has 1 heteroatoms. The second-order valence-corrected chi connectivity index (χ2v) is 6.91. The minimum atomic E-state index is 0.757. The third kappa shape index (κ3) is 3.85. The Morgan fingerprint density at radius 2 is 1.85 bits per heavy atom. The Kier molecular flexibility index (Phi) is 4.77. The van der Waals surface area contributed by atoms with Gasteiger partial charge in [-0.1, -0.05) is 44.0 Å². The molecule has 1 aromatic carbocycles. The van der Waals surface area contributed by atoms with Crippen LogP contribution in [0.2, 0.25) is 0 Å². The fourth-order valence-corrected chi connectivity index (χ4v) is 3.70. The van der Waals surface area contributed by atoms with Crippen LogP contribution in [0.4, 0.5) is 0 Å². The van der Waals surface area contributed by atoms with Crippen molar-refractivity contribution in [2.45, 2.75) is 76.8 Å². The summed E-state index contributed by atoms with van der Waals surface area (Å²) in [5, 5.41) is 3.79. The highest BCUT2D eigenvalue weighted by Gasteiger charge is 2.23. The minimum Gasteiger partial charge on any atom is -0.310 e. The molecule has 2 aliphatic rings. The fourth-order valence-electron chi connectivity index (χ4n) is 3.70. The maximum absolute atomic E-state index is 3.79. The van der Waals surface area contributed by atoms with Crippen molar-refractivity contribution in [2.24, 2.45) is 5.92 Å². The van der Waals surface area contributed by atoms with E-state index in [4.69, 9.17) is 0 Å². The SMILES string of the molecule is CCCC1CCC(NCc2cccc(C3CC3)c2)CC1. The average Bonchev–Trinajstić information content (AvgIpc) is 3.32. The molecule has 3 rings (SSSR count). The highest BCUT2D eigenvalue weighted by molar-refractivity contribution is 5.29. The third-order valence-corrected chi connectivity index (χ3v) is 5.14. The van der Waals surface area contributed by atoms with Crippen molar-refractivity contribution < 1.29 is 0 Å². The van der Waals surface area contributed by atoms with E-state index in [1.807, 2.05) is 0 Å². The van der Waals surface area contributed by atoms with Gasteiger partial charge in [-0.15, -0.1) is 0 Å². The van der Waals surface area contributed by atoms with Crippen LogP contribution < -0.4 is 5.32 Å². The molecule has 0 unspecified atom stereocenters. The molecule has 0 atom stereocenters. The number of nitrogens with one attached hydrogen (secondary N) is 1. The molecule has 110 valence electrons. The summed E-state index contributed by atoms with van der Waals surface area (Å²) in [5.74, 6) is 1.88. The highest BCUT2D eigenvalue weighted by Crippen LogP contribution is 2.40. The molecule has 0 bridgehead atoms. The Hall–Kier alpha value is -0.820. The first-order valence-corrected chi connectivity index (χ1v) is 8.67. The van der Waals surface area contributed by atoms with Gasteiger partial charge in [0.2, 0.25) is 0 Å². The van der Waals surface area contributed by atoms with Gasteiger partial charge in [0.15, 0.2) is 0 Å². The fraction of sp³-hybridized carbons (Fsp3) is 0.684. The molecule has 0 heterocycles. The van der Waals surface area contributed by atoms with Crippen molar-refractivity contribution >= 4 is 0 Å². The van der Waals surface area contributed by atoms with Crippen LogP contribution in [0.1, 0.15) is 75.3 Å². The molecule has 0 radical (unpaired) electrons. The van der Waals surface area contributed by atoms with Gasteiger partial charge in [0, 0.05) is 12.6 Å². The lowest BCUT2D eigenvalue weighted by Gasteiger charge is -2.29. The van der Waals surface area contributed by atoms with Gasteiger partial charge in [-0.3, -0.25) is 0 Å². The summed E-state index contributed by atoms with van der Waals surface area (Å²) in [4.78, 5) is 0. The second kappa shape index (κ2) is 6.76. The smallest absolute Gasteiger partial charge is 0.0208 e. The van der Waals surface area contributed by atoms with Crippen LogP contribution in [-0.4, -0.2) is 6.04 Å². The van der Waals surface area contributed by atoms with E-state index in [0.717, 1.165) is 24.4 Å². The standard InChI is InChI=1S/C19H29N/c1-2-4-15-7-11-19(12-8-15)20-14-16-5-3-6-18(13-16)17-9-10-17/h3,5-6,13,15,17,19-20H,2,4,7-12,14H2,1H3. The summed E-state index contributed by atoms with van der Waals surface area (Å²) >= 11 is 0. The summed E-state index contributed by atoms with van der Waals surface area (Å²) in [5.41, 5.74) is 3.04. The van der Waals surface area contributed by atoms with Crippen molar-refractivity contribution in [2.75, 3.05) is 0 Å². The van der Waals surface area contributed by atoms with E-state index >= 15 is 0 Å². The molecule has 1 aromatic rings. The average molecular weight is 271 g/mol. The maximum atomic E-state index is 3.79. The van der Waals surface area contributed by atoms with Gasteiger partial charge in [-0.2, -0.15) is 0 Å². The summed E-state index contributed by atoms with van der Waals surface area (Å²) in [7, 11) is 0. The van der Waals surface area contributed by atoms with Gasteiger partial charge < -0.3 is 5.32 Å². The van der Waals surface area contributed by atoms with Crippen LogP contribution in [0, 0.1) is 5.92 Å². The predicted octanol–water partition coefficient (Wildman–Crippen LogP) is 5.01. The molecule has 1 nitrogen and oxygen atoms in total. The van der Waals surface area contributed by atoms with Crippen molar-refractivity contribution in [3.8, 4) is 0 Å². The molecular weight excluding hydrogens is 242 g/mol. The third-order valence-electron chi connectivity index (χ3n) is 5.14. The Labute approximate surface area is 124 Å². The zero-order valence-electron chi connectivity index (χ0n) is 12.9. The van der Waals surface area contributed by atoms with E-state index < -0.39 is 0 Å². The molecule has 2 fully saturated rings. The van der Waals surface area contributed by atoms with Crippen LogP contribution in [0.15, 0.2) is 24.3 Å². The molecular formula is C19H29N. The molecule has 2 saturated carbocycles. The van der Waals surface area contributed by atoms with Gasteiger partial charge in [-0.05, 0) is 61.5 Å². The van der Waals surface area contributed by atoms with E-state index in [1.165, 1.54) is 56.9 Å². The van der Waals surface area contributed by atoms with Crippen molar-refractivity contribution in [3.05, 3.63) is 35.4 Å². The Bertz CT molecular complexity index is 414. The zero-order chi connectivity index (χ0) is 13.8. The van der Waals surface area contributed by atoms with Gasteiger partial charge in [0.1, 0.15) is 0 Å². The van der Waals surface area contributed by atoms with Crippen molar-refractivity contribution in [1.29, 1.82) is 0 Å². The van der Waals surface area contributed by atoms with E-state index in [9.17, 15) is 0 Å². The molecule has 0 amide bonds. The predicted molar refractivity (Wildman–Crippen MR) is 85.9 cm³/mol. The monoisotopic (exact) mass is 271 g/mol. The number of benzene rings is 1. The number of rotatable bonds is 6. The van der Waals surface area contributed by atoms with Gasteiger partial charge >= 0.3 is 0 Å². The normalized spacial score (nSPS) is 26.6. The highest BCUT2D eigenvalue weighted by atomic mass is 14.9. The van der Waals surface area contributed by atoms with Crippen LogP contribution >= 0.6 is 0 Å². The Morgan fingerprint density at radius 1 is 1.05 bits per heavy atom. The maximum Gasteiger partial charge on any atom is 0.0208 e. The molecule has 1 N–H and O–H groups in total. The van der Waals surface area contributed by atoms with Crippen LogP contribution in [0.3, 0.4) is 0 Å². The van der Waals surface area contributed by atoms with Gasteiger partial charge in [-0.25, -0.2) is 0 Å². The Morgan fingerprint density at radius 3 is 2.55 bits per heavy atom. The van der Waals surface area contributed by atoms with Crippen molar-refractivity contribution in [1.82, 2.24) is 5.32 Å². The first-order valence-electron chi connectivity index (χ1n) is 8.67. The summed E-state index contributed by atoms with van der Waals surface area (Å²) in [6.45, 7) is 3.38. The lowest BCUT2D eigenvalue weighted by Crippen LogP contribution is -2.32. The van der Waals surface area contributed by atoms with E-state index in [2.05, 4.69) is 36.5 Å². The topological polar surface area (TPSA) is 12.0 Å². The zero-order valence-corrected chi connectivity index (χ0v) is 12.9. The van der Waals surface area contributed by atoms with E-state index in [1.54, 1.807) is 5.56 Å². The lowest BCUT2D eigenvalue weighted by atomic mass is 9.83. The molecule has 20 heavy (non-hydrogen) atoms. The summed E-state index contributed by atoms with van der Waals surface area (Å²) in [6.07, 6.45) is 11.2. The van der Waals surface area contributed by atoms with Crippen LogP contribution in [-0.2, 0) is 6.54 Å². The number of hydrogen-bond donors (Lipinski definition) is 1. The summed E-state index contributed by atoms with van der Waals surface area (Å²) in [6, 6.07) is 10.0. The second-order valence-electron chi connectivity index (χ2n) is 6.91. The molecule has 0 saturated heterocycles. The summed E-state index contributed by atoms with van der Waals surface area (Å²) < 4.78 is 0. The van der Waals surface area contributed by atoms with Crippen molar-refractivity contribution in [3.63, 3.8) is 0 Å². The quantitative estimate of drug-likeness (QED) is 0.766. The van der Waals surface area contributed by atoms with E-state index in [0.29, 0.717) is 0 Å². The minimum absolute atomic E-state index is 0.757. The molecule has 0 aliphatic heterocycles. The molecule has 0 spiro atoms. The number of hydrogen-bond acceptors (Lipinski definition) is 1. The first kappa shape index (κ1) is 14.1. The van der Waals surface area contributed by atoms with E-state index in [-0.39, 0.29) is 0 Å². The molecule has 0 aromatic heterocycles. The lowest BCUT2D eigenvalue weighted by molar-refractivity contribution is 0.277. The van der Waals surface area contributed by atoms with Crippen LogP contribution in [0.5, 0.6) is 0 Å². The van der Waals surface area contributed by atoms with Gasteiger partial charge in [0.25, 0.3) is 0 Å². The Balaban J connectivity index is 1.44. The largest absolute Gasteiger partial charge is 0.310 e. The van der Waals surface area contributed by atoms with Gasteiger partial charge in [0.05, 0.1) is 0 Å². The van der Waals surface area contributed by atoms with Crippen LogP contribution in [0.25, 0.3) is 0 Å².